The lowest BCUT2D eigenvalue weighted by atomic mass is 10.2. The third-order valence-electron chi connectivity index (χ3n) is 3.61. The molecule has 1 amide bonds. The zero-order valence-corrected chi connectivity index (χ0v) is 15.6. The molecular formula is C20H15Cl2N3O2. The average Bonchev–Trinajstić information content (AvgIpc) is 2.69. The van der Waals surface area contributed by atoms with Gasteiger partial charge in [-0.15, -0.1) is 0 Å². The zero-order valence-electron chi connectivity index (χ0n) is 14.1. The van der Waals surface area contributed by atoms with E-state index in [0.717, 1.165) is 5.56 Å². The molecule has 0 radical (unpaired) electrons. The van der Waals surface area contributed by atoms with E-state index in [2.05, 4.69) is 15.5 Å². The number of amides is 1. The second-order valence-corrected chi connectivity index (χ2v) is 6.35. The first-order valence-electron chi connectivity index (χ1n) is 8.02. The van der Waals surface area contributed by atoms with Crippen LogP contribution in [0.2, 0.25) is 10.0 Å². The molecule has 5 nitrogen and oxygen atoms in total. The van der Waals surface area contributed by atoms with Crippen molar-refractivity contribution in [1.29, 1.82) is 0 Å². The van der Waals surface area contributed by atoms with Gasteiger partial charge in [0.1, 0.15) is 12.4 Å². The summed E-state index contributed by atoms with van der Waals surface area (Å²) >= 11 is 12.1. The summed E-state index contributed by atoms with van der Waals surface area (Å²) < 4.78 is 5.84. The monoisotopic (exact) mass is 399 g/mol. The lowest BCUT2D eigenvalue weighted by molar-refractivity contribution is 0.0954. The van der Waals surface area contributed by atoms with Gasteiger partial charge in [0.25, 0.3) is 5.91 Å². The number of carbonyl (C=O) groups is 1. The highest BCUT2D eigenvalue weighted by atomic mass is 35.5. The molecule has 7 heteroatoms. The quantitative estimate of drug-likeness (QED) is 0.481. The number of hydrazone groups is 1. The maximum absolute atomic E-state index is 12.0. The van der Waals surface area contributed by atoms with E-state index in [1.54, 1.807) is 30.5 Å². The highest BCUT2D eigenvalue weighted by Crippen LogP contribution is 2.23. The molecule has 2 aromatic carbocycles. The number of aromatic nitrogens is 1. The molecule has 0 atom stereocenters. The summed E-state index contributed by atoms with van der Waals surface area (Å²) in [4.78, 5) is 15.9. The molecule has 3 rings (SSSR count). The molecule has 0 aliphatic heterocycles. The van der Waals surface area contributed by atoms with Crippen LogP contribution < -0.4 is 10.2 Å². The lowest BCUT2D eigenvalue weighted by Crippen LogP contribution is -2.17. The number of benzene rings is 2. The Labute approximate surface area is 166 Å². The van der Waals surface area contributed by atoms with Crippen LogP contribution in [0.4, 0.5) is 0 Å². The lowest BCUT2D eigenvalue weighted by Gasteiger charge is -2.10. The smallest absolute Gasteiger partial charge is 0.272 e. The first-order valence-corrected chi connectivity index (χ1v) is 8.78. The number of hydrogen-bond donors (Lipinski definition) is 1. The number of rotatable bonds is 6. The molecular weight excluding hydrogens is 385 g/mol. The average molecular weight is 400 g/mol. The zero-order chi connectivity index (χ0) is 19.1. The Kier molecular flexibility index (Phi) is 6.41. The van der Waals surface area contributed by atoms with Gasteiger partial charge in [-0.1, -0.05) is 41.4 Å². The van der Waals surface area contributed by atoms with E-state index in [9.17, 15) is 4.79 Å². The second-order valence-electron chi connectivity index (χ2n) is 5.50. The summed E-state index contributed by atoms with van der Waals surface area (Å²) in [6.07, 6.45) is 4.59. The van der Waals surface area contributed by atoms with Gasteiger partial charge in [0.05, 0.1) is 11.8 Å². The Hall–Kier alpha value is -2.89. The predicted molar refractivity (Wildman–Crippen MR) is 107 cm³/mol. The van der Waals surface area contributed by atoms with Crippen LogP contribution in [-0.2, 0) is 6.61 Å². The van der Waals surface area contributed by atoms with Crippen molar-refractivity contribution in [3.05, 3.63) is 93.7 Å². The number of nitrogens with zero attached hydrogens (tertiary/aromatic N) is 2. The summed E-state index contributed by atoms with van der Waals surface area (Å²) in [6.45, 7) is 0.281. The van der Waals surface area contributed by atoms with Gasteiger partial charge in [0, 0.05) is 33.6 Å². The van der Waals surface area contributed by atoms with Gasteiger partial charge in [-0.2, -0.15) is 5.10 Å². The molecule has 0 aliphatic rings. The largest absolute Gasteiger partial charge is 0.488 e. The third-order valence-corrected chi connectivity index (χ3v) is 4.20. The minimum Gasteiger partial charge on any atom is -0.488 e. The van der Waals surface area contributed by atoms with Crippen molar-refractivity contribution in [1.82, 2.24) is 10.4 Å². The van der Waals surface area contributed by atoms with E-state index in [1.807, 2.05) is 30.3 Å². The first-order chi connectivity index (χ1) is 13.1. The Morgan fingerprint density at radius 2 is 2.00 bits per heavy atom. The highest BCUT2D eigenvalue weighted by Gasteiger charge is 2.06. The SMILES string of the molecule is O=C(N/N=C\c1ccccc1OCc1ccc(Cl)cc1Cl)c1cccnc1. The molecule has 3 aromatic rings. The fourth-order valence-corrected chi connectivity index (χ4v) is 2.70. The molecule has 27 heavy (non-hydrogen) atoms. The topological polar surface area (TPSA) is 63.6 Å². The summed E-state index contributed by atoms with van der Waals surface area (Å²) in [7, 11) is 0. The van der Waals surface area contributed by atoms with Crippen LogP contribution in [0.15, 0.2) is 72.1 Å². The van der Waals surface area contributed by atoms with Crippen molar-refractivity contribution in [2.45, 2.75) is 6.61 Å². The number of carbonyl (C=O) groups excluding carboxylic acids is 1. The van der Waals surface area contributed by atoms with E-state index >= 15 is 0 Å². The van der Waals surface area contributed by atoms with Gasteiger partial charge < -0.3 is 4.74 Å². The minimum absolute atomic E-state index is 0.281. The molecule has 0 saturated carbocycles. The number of ether oxygens (including phenoxy) is 1. The molecule has 0 aliphatic carbocycles. The number of nitrogens with one attached hydrogen (secondary N) is 1. The Balaban J connectivity index is 1.66. The molecule has 1 heterocycles. The van der Waals surface area contributed by atoms with Gasteiger partial charge in [0.2, 0.25) is 0 Å². The van der Waals surface area contributed by atoms with Crippen LogP contribution >= 0.6 is 23.2 Å². The van der Waals surface area contributed by atoms with Crippen LogP contribution in [0.5, 0.6) is 5.75 Å². The number of halogens is 2. The first kappa shape index (κ1) is 18.9. The fraction of sp³-hybridized carbons (Fsp3) is 0.0500. The summed E-state index contributed by atoms with van der Waals surface area (Å²) in [5.74, 6) is 0.272. The second kappa shape index (κ2) is 9.16. The van der Waals surface area contributed by atoms with Crippen LogP contribution in [0, 0.1) is 0 Å². The standard InChI is InChI=1S/C20H15Cl2N3O2/c21-17-8-7-16(18(22)10-17)13-27-19-6-2-1-4-14(19)12-24-25-20(26)15-5-3-9-23-11-15/h1-12H,13H2,(H,25,26)/b24-12-. The Bertz CT molecular complexity index is 962. The summed E-state index contributed by atoms with van der Waals surface area (Å²) in [6, 6.07) is 15.9. The Morgan fingerprint density at radius 1 is 1.15 bits per heavy atom. The van der Waals surface area contributed by atoms with E-state index < -0.39 is 0 Å². The van der Waals surface area contributed by atoms with Gasteiger partial charge >= 0.3 is 0 Å². The van der Waals surface area contributed by atoms with Crippen molar-refractivity contribution >= 4 is 35.3 Å². The van der Waals surface area contributed by atoms with Crippen molar-refractivity contribution in [2.75, 3.05) is 0 Å². The van der Waals surface area contributed by atoms with Crippen LogP contribution in [0.3, 0.4) is 0 Å². The van der Waals surface area contributed by atoms with Crippen molar-refractivity contribution in [2.24, 2.45) is 5.10 Å². The molecule has 1 N–H and O–H groups in total. The molecule has 0 bridgehead atoms. The maximum atomic E-state index is 12.0. The summed E-state index contributed by atoms with van der Waals surface area (Å²) in [5.41, 5.74) is 4.42. The van der Waals surface area contributed by atoms with Crippen LogP contribution in [-0.4, -0.2) is 17.1 Å². The number of pyridine rings is 1. The highest BCUT2D eigenvalue weighted by molar-refractivity contribution is 6.35. The van der Waals surface area contributed by atoms with Crippen LogP contribution in [0.1, 0.15) is 21.5 Å². The normalized spacial score (nSPS) is 10.7. The fourth-order valence-electron chi connectivity index (χ4n) is 2.23. The van der Waals surface area contributed by atoms with Gasteiger partial charge in [-0.25, -0.2) is 5.43 Å². The predicted octanol–water partition coefficient (Wildman–Crippen LogP) is 4.73. The minimum atomic E-state index is -0.342. The Morgan fingerprint density at radius 3 is 2.78 bits per heavy atom. The van der Waals surface area contributed by atoms with Crippen LogP contribution in [0.25, 0.3) is 0 Å². The van der Waals surface area contributed by atoms with E-state index in [4.69, 9.17) is 27.9 Å². The van der Waals surface area contributed by atoms with Gasteiger partial charge in [-0.3, -0.25) is 9.78 Å². The maximum Gasteiger partial charge on any atom is 0.272 e. The molecule has 0 fully saturated rings. The van der Waals surface area contributed by atoms with Crippen molar-refractivity contribution < 1.29 is 9.53 Å². The van der Waals surface area contributed by atoms with E-state index in [1.165, 1.54) is 12.4 Å². The molecule has 0 spiro atoms. The molecule has 136 valence electrons. The van der Waals surface area contributed by atoms with Gasteiger partial charge in [0.15, 0.2) is 0 Å². The number of hydrogen-bond acceptors (Lipinski definition) is 4. The number of para-hydroxylation sites is 1. The van der Waals surface area contributed by atoms with Crippen molar-refractivity contribution in [3.8, 4) is 5.75 Å². The molecule has 1 aromatic heterocycles. The third kappa shape index (κ3) is 5.29. The van der Waals surface area contributed by atoms with Gasteiger partial charge in [-0.05, 0) is 36.4 Å². The van der Waals surface area contributed by atoms with Crippen molar-refractivity contribution in [3.63, 3.8) is 0 Å². The van der Waals surface area contributed by atoms with E-state index in [0.29, 0.717) is 26.9 Å². The summed E-state index contributed by atoms with van der Waals surface area (Å²) in [5, 5.41) is 5.10. The molecule has 0 unspecified atom stereocenters. The van der Waals surface area contributed by atoms with E-state index in [-0.39, 0.29) is 12.5 Å². The molecule has 0 saturated heterocycles.